The van der Waals surface area contributed by atoms with E-state index in [0.29, 0.717) is 0 Å². The topological polar surface area (TPSA) is 62.1 Å². The van der Waals surface area contributed by atoms with Crippen molar-refractivity contribution < 1.29 is 27.1 Å². The summed E-state index contributed by atoms with van der Waals surface area (Å²) in [5.41, 5.74) is 0.232. The number of carbonyl (C=O) groups excluding carboxylic acids is 1. The lowest BCUT2D eigenvalue weighted by Crippen LogP contribution is -2.19. The second-order valence-electron chi connectivity index (χ2n) is 5.04. The summed E-state index contributed by atoms with van der Waals surface area (Å²) in [6, 6.07) is 11.1. The van der Waals surface area contributed by atoms with Crippen LogP contribution < -0.4 is 10.1 Å². The fraction of sp³-hybridized carbons (Fsp3) is 0.176. The van der Waals surface area contributed by atoms with Gasteiger partial charge in [0.15, 0.2) is 6.61 Å². The zero-order valence-electron chi connectivity index (χ0n) is 12.7. The Kier molecular flexibility index (Phi) is 5.60. The van der Waals surface area contributed by atoms with Crippen molar-refractivity contribution in [3.05, 3.63) is 59.4 Å². The summed E-state index contributed by atoms with van der Waals surface area (Å²) < 4.78 is 54.6. The van der Waals surface area contributed by atoms with Crippen molar-refractivity contribution in [3.63, 3.8) is 0 Å². The quantitative estimate of drug-likeness (QED) is 0.832. The van der Waals surface area contributed by atoms with Gasteiger partial charge in [0.05, 0.1) is 12.0 Å². The molecule has 0 atom stereocenters. The molecule has 0 saturated heterocycles. The largest absolute Gasteiger partial charge is 0.483 e. The summed E-state index contributed by atoms with van der Waals surface area (Å²) in [5, 5.41) is 11.5. The molecule has 0 bridgehead atoms. The number of rotatable bonds is 5. The van der Waals surface area contributed by atoms with E-state index in [0.717, 1.165) is 6.07 Å². The molecule has 0 radical (unpaired) electrons. The summed E-state index contributed by atoms with van der Waals surface area (Å²) in [4.78, 5) is 11.9. The maximum Gasteiger partial charge on any atom is 0.422 e. The normalized spacial score (nSPS) is 10.8. The van der Waals surface area contributed by atoms with Crippen LogP contribution in [0.5, 0.6) is 5.75 Å². The highest BCUT2D eigenvalue weighted by atomic mass is 19.4. The Hall–Kier alpha value is -3.08. The predicted octanol–water partition coefficient (Wildman–Crippen LogP) is 3.82. The zero-order chi connectivity index (χ0) is 18.4. The first-order valence-electron chi connectivity index (χ1n) is 7.05. The molecule has 1 N–H and O–H groups in total. The van der Waals surface area contributed by atoms with E-state index >= 15 is 0 Å². The van der Waals surface area contributed by atoms with E-state index in [9.17, 15) is 22.4 Å². The van der Waals surface area contributed by atoms with Crippen LogP contribution in [0.2, 0.25) is 0 Å². The molecule has 8 heteroatoms. The highest BCUT2D eigenvalue weighted by Crippen LogP contribution is 2.25. The van der Waals surface area contributed by atoms with Crippen molar-refractivity contribution in [2.75, 3.05) is 11.9 Å². The van der Waals surface area contributed by atoms with Crippen LogP contribution in [0.4, 0.5) is 23.2 Å². The van der Waals surface area contributed by atoms with E-state index in [4.69, 9.17) is 5.26 Å². The lowest BCUT2D eigenvalue weighted by Gasteiger charge is -2.12. The molecule has 130 valence electrons. The number of halogens is 4. The number of nitriles is 1. The van der Waals surface area contributed by atoms with Crippen molar-refractivity contribution in [2.24, 2.45) is 0 Å². The molecule has 0 aromatic heterocycles. The summed E-state index contributed by atoms with van der Waals surface area (Å²) in [6.07, 6.45) is -4.75. The van der Waals surface area contributed by atoms with E-state index in [1.54, 1.807) is 12.1 Å². The summed E-state index contributed by atoms with van der Waals surface area (Å²) in [6.45, 7) is -1.53. The molecule has 1 amide bonds. The average molecular weight is 352 g/mol. The molecule has 4 nitrogen and oxygen atoms in total. The van der Waals surface area contributed by atoms with Crippen LogP contribution in [0.25, 0.3) is 0 Å². The Bertz CT molecular complexity index is 813. The molecule has 0 aliphatic carbocycles. The van der Waals surface area contributed by atoms with Gasteiger partial charge >= 0.3 is 6.18 Å². The molecule has 2 rings (SSSR count). The van der Waals surface area contributed by atoms with Crippen LogP contribution in [-0.4, -0.2) is 18.7 Å². The zero-order valence-corrected chi connectivity index (χ0v) is 12.7. The molecule has 2 aromatic carbocycles. The number of carbonyl (C=O) groups is 1. The number of amides is 1. The number of hydrogen-bond donors (Lipinski definition) is 1. The van der Waals surface area contributed by atoms with Crippen LogP contribution in [-0.2, 0) is 11.2 Å². The monoisotopic (exact) mass is 352 g/mol. The lowest BCUT2D eigenvalue weighted by atomic mass is 10.1. The minimum absolute atomic E-state index is 0.159. The second-order valence-corrected chi connectivity index (χ2v) is 5.04. The van der Waals surface area contributed by atoms with Crippen LogP contribution in [0.3, 0.4) is 0 Å². The van der Waals surface area contributed by atoms with Crippen LogP contribution in [0, 0.1) is 17.1 Å². The Morgan fingerprint density at radius 2 is 1.92 bits per heavy atom. The van der Waals surface area contributed by atoms with E-state index in [-0.39, 0.29) is 29.0 Å². The first kappa shape index (κ1) is 18.3. The molecule has 2 aromatic rings. The first-order valence-corrected chi connectivity index (χ1v) is 7.05. The van der Waals surface area contributed by atoms with Crippen LogP contribution in [0.15, 0.2) is 42.5 Å². The molecule has 0 unspecified atom stereocenters. The van der Waals surface area contributed by atoms with Gasteiger partial charge in [0.2, 0.25) is 5.91 Å². The Labute approximate surface area is 140 Å². The predicted molar refractivity (Wildman–Crippen MR) is 81.4 cm³/mol. The van der Waals surface area contributed by atoms with Gasteiger partial charge in [-0.1, -0.05) is 18.2 Å². The van der Waals surface area contributed by atoms with Gasteiger partial charge in [-0.25, -0.2) is 4.39 Å². The van der Waals surface area contributed by atoms with Gasteiger partial charge in [-0.2, -0.15) is 18.4 Å². The molecule has 0 aliphatic heterocycles. The fourth-order valence-corrected chi connectivity index (χ4v) is 2.00. The maximum absolute atomic E-state index is 13.5. The Morgan fingerprint density at radius 3 is 2.56 bits per heavy atom. The highest BCUT2D eigenvalue weighted by molar-refractivity contribution is 5.92. The number of nitrogens with one attached hydrogen (secondary N) is 1. The third-order valence-electron chi connectivity index (χ3n) is 3.08. The summed E-state index contributed by atoms with van der Waals surface area (Å²) >= 11 is 0. The third kappa shape index (κ3) is 5.49. The number of ether oxygens (including phenoxy) is 1. The minimum Gasteiger partial charge on any atom is -0.483 e. The van der Waals surface area contributed by atoms with Crippen molar-refractivity contribution in [1.82, 2.24) is 0 Å². The molecule has 0 heterocycles. The lowest BCUT2D eigenvalue weighted by molar-refractivity contribution is -0.153. The highest BCUT2D eigenvalue weighted by Gasteiger charge is 2.28. The van der Waals surface area contributed by atoms with Gasteiger partial charge in [-0.3, -0.25) is 4.79 Å². The number of alkyl halides is 3. The van der Waals surface area contributed by atoms with E-state index in [1.807, 2.05) is 0 Å². The molecule has 0 saturated carbocycles. The first-order chi connectivity index (χ1) is 11.8. The number of nitrogens with zero attached hydrogens (tertiary/aromatic N) is 1. The molecular formula is C17H12F4N2O2. The van der Waals surface area contributed by atoms with E-state index in [1.165, 1.54) is 30.3 Å². The third-order valence-corrected chi connectivity index (χ3v) is 3.08. The van der Waals surface area contributed by atoms with Crippen molar-refractivity contribution in [3.8, 4) is 11.8 Å². The SMILES string of the molecule is N#Cc1cc(NC(=O)Cc2ccccc2F)ccc1OCC(F)(F)F. The molecule has 0 aliphatic rings. The molecule has 0 spiro atoms. The second kappa shape index (κ2) is 7.66. The number of benzene rings is 2. The smallest absolute Gasteiger partial charge is 0.422 e. The Morgan fingerprint density at radius 1 is 1.20 bits per heavy atom. The summed E-state index contributed by atoms with van der Waals surface area (Å²) in [7, 11) is 0. The van der Waals surface area contributed by atoms with Crippen LogP contribution in [0.1, 0.15) is 11.1 Å². The van der Waals surface area contributed by atoms with Crippen molar-refractivity contribution in [2.45, 2.75) is 12.6 Å². The van der Waals surface area contributed by atoms with Gasteiger partial charge in [0.1, 0.15) is 17.6 Å². The number of anilines is 1. The van der Waals surface area contributed by atoms with E-state index < -0.39 is 24.5 Å². The van der Waals surface area contributed by atoms with Crippen molar-refractivity contribution in [1.29, 1.82) is 5.26 Å². The van der Waals surface area contributed by atoms with Gasteiger partial charge in [-0.05, 0) is 29.8 Å². The van der Waals surface area contributed by atoms with Gasteiger partial charge in [0.25, 0.3) is 0 Å². The fourth-order valence-electron chi connectivity index (χ4n) is 2.00. The van der Waals surface area contributed by atoms with Gasteiger partial charge < -0.3 is 10.1 Å². The van der Waals surface area contributed by atoms with Gasteiger partial charge in [-0.15, -0.1) is 0 Å². The number of hydrogen-bond acceptors (Lipinski definition) is 3. The minimum atomic E-state index is -4.53. The molecule has 25 heavy (non-hydrogen) atoms. The standard InChI is InChI=1S/C17H12F4N2O2/c18-14-4-2-1-3-11(14)8-16(24)23-13-5-6-15(12(7-13)9-22)25-10-17(19,20)21/h1-7H,8,10H2,(H,23,24). The van der Waals surface area contributed by atoms with E-state index in [2.05, 4.69) is 10.1 Å². The van der Waals surface area contributed by atoms with Crippen molar-refractivity contribution >= 4 is 11.6 Å². The maximum atomic E-state index is 13.5. The Balaban J connectivity index is 2.06. The molecule has 0 fully saturated rings. The molecular weight excluding hydrogens is 340 g/mol. The van der Waals surface area contributed by atoms with Crippen LogP contribution >= 0.6 is 0 Å². The average Bonchev–Trinajstić information content (AvgIpc) is 2.55. The van der Waals surface area contributed by atoms with Gasteiger partial charge in [0, 0.05) is 5.69 Å². The summed E-state index contributed by atoms with van der Waals surface area (Å²) in [5.74, 6) is -1.30.